The van der Waals surface area contributed by atoms with Gasteiger partial charge in [0.25, 0.3) is 0 Å². The molecule has 0 nitrogen and oxygen atoms in total. The average molecular weight is 437 g/mol. The van der Waals surface area contributed by atoms with Crippen LogP contribution in [0.2, 0.25) is 9.75 Å². The quantitative estimate of drug-likeness (QED) is 0.429. The van der Waals surface area contributed by atoms with Crippen molar-refractivity contribution < 1.29 is 0 Å². The number of rotatable bonds is 4. The van der Waals surface area contributed by atoms with E-state index < -0.39 is 21.3 Å². The van der Waals surface area contributed by atoms with E-state index in [2.05, 4.69) is 121 Å². The molecule has 2 heteroatoms. The van der Waals surface area contributed by atoms with E-state index in [1.54, 1.807) is 19.2 Å². The van der Waals surface area contributed by atoms with Gasteiger partial charge in [0.1, 0.15) is 0 Å². The summed E-state index contributed by atoms with van der Waals surface area (Å²) < 4.78 is 3.28. The number of hydrogen-bond acceptors (Lipinski definition) is 0. The third-order valence-electron chi connectivity index (χ3n) is 6.51. The zero-order valence-electron chi connectivity index (χ0n) is 16.0. The summed E-state index contributed by atoms with van der Waals surface area (Å²) in [4.78, 5) is 2.82. The van der Waals surface area contributed by atoms with Crippen LogP contribution in [0.3, 0.4) is 0 Å². The molecule has 0 aromatic heterocycles. The fraction of sp³-hybridized carbons (Fsp3) is 0.0769. The Kier molecular flexibility index (Phi) is 4.58. The Morgan fingerprint density at radius 2 is 0.750 bits per heavy atom. The van der Waals surface area contributed by atoms with Gasteiger partial charge in [0.15, 0.2) is 0 Å². The van der Waals surface area contributed by atoms with Gasteiger partial charge in [-0.3, -0.25) is 0 Å². The number of hydrogen-bond donors (Lipinski definition) is 0. The van der Waals surface area contributed by atoms with Crippen molar-refractivity contribution in [3.63, 3.8) is 0 Å². The van der Waals surface area contributed by atoms with Gasteiger partial charge in [-0.15, -0.1) is 0 Å². The second-order valence-corrected chi connectivity index (χ2v) is 23.4. The van der Waals surface area contributed by atoms with Crippen molar-refractivity contribution in [2.75, 3.05) is 0 Å². The molecule has 136 valence electrons. The molecule has 0 radical (unpaired) electrons. The third-order valence-corrected chi connectivity index (χ3v) is 33.0. The second kappa shape index (κ2) is 7.23. The Labute approximate surface area is 171 Å². The van der Waals surface area contributed by atoms with E-state index in [1.165, 1.54) is 9.75 Å². The van der Waals surface area contributed by atoms with Crippen LogP contribution in [0, 0.1) is 0 Å². The van der Waals surface area contributed by atoms with Crippen molar-refractivity contribution in [3.05, 3.63) is 121 Å². The molecule has 1 aliphatic rings. The zero-order valence-corrected chi connectivity index (χ0v) is 19.1. The van der Waals surface area contributed by atoms with Crippen LogP contribution in [0.4, 0.5) is 0 Å². The van der Waals surface area contributed by atoms with Crippen molar-refractivity contribution in [3.8, 4) is 0 Å². The summed E-state index contributed by atoms with van der Waals surface area (Å²) >= 11 is -2.38. The Bertz CT molecular complexity index is 871. The van der Waals surface area contributed by atoms with Crippen LogP contribution in [-0.2, 0) is 0 Å². The van der Waals surface area contributed by atoms with Gasteiger partial charge in [0.05, 0.1) is 0 Å². The van der Waals surface area contributed by atoms with Gasteiger partial charge in [-0.25, -0.2) is 0 Å². The third kappa shape index (κ3) is 2.81. The van der Waals surface area contributed by atoms with Gasteiger partial charge in [0.2, 0.25) is 0 Å². The first-order valence-electron chi connectivity index (χ1n) is 10.1. The van der Waals surface area contributed by atoms with Crippen molar-refractivity contribution >= 4 is 40.5 Å². The summed E-state index contributed by atoms with van der Waals surface area (Å²) in [6.07, 6.45) is 0. The van der Waals surface area contributed by atoms with Gasteiger partial charge in [0, 0.05) is 0 Å². The van der Waals surface area contributed by atoms with Crippen LogP contribution >= 0.6 is 0 Å². The molecule has 0 unspecified atom stereocenters. The fourth-order valence-corrected chi connectivity index (χ4v) is 37.5. The zero-order chi connectivity index (χ0) is 18.9. The number of benzene rings is 4. The molecule has 5 rings (SSSR count). The van der Waals surface area contributed by atoms with Crippen molar-refractivity contribution in [2.24, 2.45) is 0 Å². The maximum absolute atomic E-state index is 2.40. The SMILES string of the molecule is c1ccc([Si]2(c3ccccc3)[CH2][Ge]([c]3ccccc3)([c]3ccccc3)[CH2]2)cc1. The van der Waals surface area contributed by atoms with Crippen LogP contribution in [0.1, 0.15) is 0 Å². The van der Waals surface area contributed by atoms with Gasteiger partial charge >= 0.3 is 172 Å². The normalized spacial score (nSPS) is 16.9. The molecule has 0 aliphatic carbocycles. The Morgan fingerprint density at radius 1 is 0.429 bits per heavy atom. The monoisotopic (exact) mass is 438 g/mol. The van der Waals surface area contributed by atoms with E-state index in [4.69, 9.17) is 0 Å². The molecule has 4 aromatic rings. The van der Waals surface area contributed by atoms with Gasteiger partial charge < -0.3 is 0 Å². The minimum absolute atomic E-state index is 1.41. The maximum atomic E-state index is 2.40. The summed E-state index contributed by atoms with van der Waals surface area (Å²) in [5, 5.41) is 3.21. The van der Waals surface area contributed by atoms with Crippen LogP contribution < -0.4 is 19.2 Å². The van der Waals surface area contributed by atoms with E-state index in [9.17, 15) is 0 Å². The van der Waals surface area contributed by atoms with E-state index in [-0.39, 0.29) is 0 Å². The minimum atomic E-state index is -2.38. The summed E-state index contributed by atoms with van der Waals surface area (Å²) in [6.45, 7) is 0. The van der Waals surface area contributed by atoms with Gasteiger partial charge in [-0.05, 0) is 0 Å². The topological polar surface area (TPSA) is 0 Å². The summed E-state index contributed by atoms with van der Waals surface area (Å²) in [5.74, 6) is 0. The van der Waals surface area contributed by atoms with Gasteiger partial charge in [-0.1, -0.05) is 0 Å². The Morgan fingerprint density at radius 3 is 1.11 bits per heavy atom. The second-order valence-electron chi connectivity index (χ2n) is 7.98. The molecule has 0 amide bonds. The molecule has 0 saturated carbocycles. The standard InChI is InChI=1S/C26H24GeSi/c1-5-13-23(14-6-1)27(24-15-7-2-8-16-24)21-28(22-27,25-17-9-3-10-18-25)26-19-11-4-12-20-26/h1-20H,21-22H2. The first kappa shape index (κ1) is 17.7. The molecule has 1 fully saturated rings. The Balaban J connectivity index is 1.67. The molecule has 0 bridgehead atoms. The molecular formula is C26H24GeSi. The van der Waals surface area contributed by atoms with E-state index in [0.717, 1.165) is 0 Å². The molecule has 0 spiro atoms. The molecule has 1 saturated heterocycles. The van der Waals surface area contributed by atoms with E-state index in [1.807, 2.05) is 0 Å². The summed E-state index contributed by atoms with van der Waals surface area (Å²) in [5.41, 5.74) is 0. The van der Waals surface area contributed by atoms with Crippen LogP contribution in [0.25, 0.3) is 0 Å². The first-order chi connectivity index (χ1) is 13.8. The molecule has 0 N–H and O–H groups in total. The Hall–Kier alpha value is -2.36. The van der Waals surface area contributed by atoms with Crippen LogP contribution in [-0.4, -0.2) is 21.3 Å². The molecule has 1 aliphatic heterocycles. The molecule has 4 aromatic carbocycles. The molecule has 28 heavy (non-hydrogen) atoms. The molecule has 1 heterocycles. The molecular weight excluding hydrogens is 413 g/mol. The first-order valence-corrected chi connectivity index (χ1v) is 17.5. The van der Waals surface area contributed by atoms with Gasteiger partial charge in [-0.2, -0.15) is 0 Å². The fourth-order valence-electron chi connectivity index (χ4n) is 5.16. The van der Waals surface area contributed by atoms with Crippen molar-refractivity contribution in [1.82, 2.24) is 0 Å². The molecule has 0 atom stereocenters. The van der Waals surface area contributed by atoms with Crippen molar-refractivity contribution in [2.45, 2.75) is 9.75 Å². The van der Waals surface area contributed by atoms with Crippen LogP contribution in [0.15, 0.2) is 121 Å². The summed E-state index contributed by atoms with van der Waals surface area (Å²) in [7, 11) is -1.71. The van der Waals surface area contributed by atoms with Crippen molar-refractivity contribution in [1.29, 1.82) is 0 Å². The predicted octanol–water partition coefficient (Wildman–Crippen LogP) is 3.60. The average Bonchev–Trinajstić information content (AvgIpc) is 2.76. The summed E-state index contributed by atoms with van der Waals surface area (Å²) in [6, 6.07) is 45.6. The van der Waals surface area contributed by atoms with Crippen LogP contribution in [0.5, 0.6) is 0 Å². The van der Waals surface area contributed by atoms with E-state index in [0.29, 0.717) is 0 Å². The van der Waals surface area contributed by atoms with E-state index >= 15 is 0 Å². The predicted molar refractivity (Wildman–Crippen MR) is 125 cm³/mol.